The molecule has 0 unspecified atom stereocenters. The third-order valence-corrected chi connectivity index (χ3v) is 6.09. The standard InChI is InChI=1S/C22H32N2O2/c23-21(25)19-12-7-13-20(14-19)22(26)24(15-17-8-3-1-4-9-17)16-18-10-5-2-6-11-18/h7,12-14,17-18H,1-6,8-11,15-16H2,(H2,23,25). The first-order valence-electron chi connectivity index (χ1n) is 10.3. The number of hydrogen-bond donors (Lipinski definition) is 1. The molecule has 0 atom stereocenters. The molecule has 3 rings (SSSR count). The Morgan fingerprint density at radius 1 is 0.846 bits per heavy atom. The summed E-state index contributed by atoms with van der Waals surface area (Å²) in [5.41, 5.74) is 6.39. The zero-order valence-electron chi connectivity index (χ0n) is 15.8. The normalized spacial score (nSPS) is 19.2. The summed E-state index contributed by atoms with van der Waals surface area (Å²) in [6, 6.07) is 6.89. The number of carbonyl (C=O) groups is 2. The van der Waals surface area contributed by atoms with Crippen LogP contribution in [0.5, 0.6) is 0 Å². The van der Waals surface area contributed by atoms with Gasteiger partial charge in [0, 0.05) is 24.2 Å². The number of nitrogens with two attached hydrogens (primary N) is 1. The van der Waals surface area contributed by atoms with E-state index in [0.717, 1.165) is 13.1 Å². The summed E-state index contributed by atoms with van der Waals surface area (Å²) in [6.45, 7) is 1.71. The minimum atomic E-state index is -0.481. The molecule has 1 aromatic carbocycles. The van der Waals surface area contributed by atoms with Crippen molar-refractivity contribution >= 4 is 11.8 Å². The minimum absolute atomic E-state index is 0.0595. The van der Waals surface area contributed by atoms with Gasteiger partial charge in [0.15, 0.2) is 0 Å². The molecule has 2 aliphatic rings. The Morgan fingerprint density at radius 2 is 1.35 bits per heavy atom. The molecule has 2 fully saturated rings. The molecule has 2 amide bonds. The predicted octanol–water partition coefficient (Wildman–Crippen LogP) is 4.39. The Bertz CT molecular complexity index is 596. The Morgan fingerprint density at radius 3 is 1.85 bits per heavy atom. The number of primary amides is 1. The lowest BCUT2D eigenvalue weighted by Crippen LogP contribution is -2.40. The monoisotopic (exact) mass is 356 g/mol. The number of nitrogens with zero attached hydrogens (tertiary/aromatic N) is 1. The number of benzene rings is 1. The topological polar surface area (TPSA) is 63.4 Å². The second-order valence-corrected chi connectivity index (χ2v) is 8.16. The van der Waals surface area contributed by atoms with Crippen LogP contribution >= 0.6 is 0 Å². The molecule has 2 saturated carbocycles. The van der Waals surface area contributed by atoms with Crippen molar-refractivity contribution in [2.45, 2.75) is 64.2 Å². The molecule has 26 heavy (non-hydrogen) atoms. The van der Waals surface area contributed by atoms with E-state index in [1.54, 1.807) is 18.2 Å². The van der Waals surface area contributed by atoms with Gasteiger partial charge in [-0.2, -0.15) is 0 Å². The maximum Gasteiger partial charge on any atom is 0.253 e. The lowest BCUT2D eigenvalue weighted by molar-refractivity contribution is 0.0665. The predicted molar refractivity (Wildman–Crippen MR) is 104 cm³/mol. The summed E-state index contributed by atoms with van der Waals surface area (Å²) in [6.07, 6.45) is 12.7. The van der Waals surface area contributed by atoms with Crippen LogP contribution in [0, 0.1) is 11.8 Å². The van der Waals surface area contributed by atoms with Crippen LogP contribution in [0.2, 0.25) is 0 Å². The van der Waals surface area contributed by atoms with Crippen molar-refractivity contribution in [1.29, 1.82) is 0 Å². The van der Waals surface area contributed by atoms with Crippen LogP contribution < -0.4 is 5.73 Å². The quantitative estimate of drug-likeness (QED) is 0.821. The third-order valence-electron chi connectivity index (χ3n) is 6.09. The van der Waals surface area contributed by atoms with Crippen molar-refractivity contribution < 1.29 is 9.59 Å². The Kier molecular flexibility index (Phi) is 6.70. The molecule has 2 N–H and O–H groups in total. The highest BCUT2D eigenvalue weighted by Gasteiger charge is 2.25. The molecule has 0 radical (unpaired) electrons. The van der Waals surface area contributed by atoms with Crippen LogP contribution in [0.15, 0.2) is 24.3 Å². The number of amides is 2. The number of rotatable bonds is 6. The maximum absolute atomic E-state index is 13.2. The van der Waals surface area contributed by atoms with Gasteiger partial charge in [-0.1, -0.05) is 44.6 Å². The molecule has 1 aromatic rings. The van der Waals surface area contributed by atoms with E-state index in [0.29, 0.717) is 23.0 Å². The van der Waals surface area contributed by atoms with Crippen molar-refractivity contribution in [3.05, 3.63) is 35.4 Å². The molecule has 0 spiro atoms. The van der Waals surface area contributed by atoms with E-state index in [1.807, 2.05) is 6.07 Å². The van der Waals surface area contributed by atoms with Gasteiger partial charge in [-0.15, -0.1) is 0 Å². The molecule has 4 nitrogen and oxygen atoms in total. The average molecular weight is 357 g/mol. The fourth-order valence-electron chi connectivity index (χ4n) is 4.59. The molecule has 0 bridgehead atoms. The van der Waals surface area contributed by atoms with Gasteiger partial charge in [0.1, 0.15) is 0 Å². The van der Waals surface area contributed by atoms with Crippen molar-refractivity contribution in [2.24, 2.45) is 17.6 Å². The van der Waals surface area contributed by atoms with Crippen LogP contribution in [0.1, 0.15) is 84.9 Å². The Labute approximate surface area is 157 Å². The zero-order chi connectivity index (χ0) is 18.4. The van der Waals surface area contributed by atoms with Crippen LogP contribution in [-0.2, 0) is 0 Å². The highest BCUT2D eigenvalue weighted by Crippen LogP contribution is 2.28. The van der Waals surface area contributed by atoms with Crippen molar-refractivity contribution in [3.8, 4) is 0 Å². The molecular weight excluding hydrogens is 324 g/mol. The largest absolute Gasteiger partial charge is 0.366 e. The molecule has 0 aliphatic heterocycles. The Hall–Kier alpha value is -1.84. The summed E-state index contributed by atoms with van der Waals surface area (Å²) in [5.74, 6) is 0.821. The zero-order valence-corrected chi connectivity index (χ0v) is 15.8. The number of hydrogen-bond acceptors (Lipinski definition) is 2. The van der Waals surface area contributed by atoms with E-state index in [4.69, 9.17) is 5.73 Å². The molecule has 0 aromatic heterocycles. The summed E-state index contributed by atoms with van der Waals surface area (Å²) in [4.78, 5) is 26.8. The molecule has 142 valence electrons. The molecular formula is C22H32N2O2. The van der Waals surface area contributed by atoms with Gasteiger partial charge in [0.25, 0.3) is 5.91 Å². The lowest BCUT2D eigenvalue weighted by Gasteiger charge is -2.34. The van der Waals surface area contributed by atoms with E-state index < -0.39 is 5.91 Å². The average Bonchev–Trinajstić information content (AvgIpc) is 2.68. The van der Waals surface area contributed by atoms with Gasteiger partial charge < -0.3 is 10.6 Å². The first kappa shape index (κ1) is 18.9. The van der Waals surface area contributed by atoms with Gasteiger partial charge in [-0.3, -0.25) is 9.59 Å². The SMILES string of the molecule is NC(=O)c1cccc(C(=O)N(CC2CCCCC2)CC2CCCCC2)c1. The minimum Gasteiger partial charge on any atom is -0.366 e. The highest BCUT2D eigenvalue weighted by molar-refractivity contribution is 5.99. The summed E-state index contributed by atoms with van der Waals surface area (Å²) in [7, 11) is 0. The summed E-state index contributed by atoms with van der Waals surface area (Å²) in [5, 5.41) is 0. The van der Waals surface area contributed by atoms with Crippen molar-refractivity contribution in [1.82, 2.24) is 4.90 Å². The summed E-state index contributed by atoms with van der Waals surface area (Å²) < 4.78 is 0. The molecule has 2 aliphatic carbocycles. The molecule has 0 saturated heterocycles. The van der Waals surface area contributed by atoms with Gasteiger partial charge in [0.05, 0.1) is 0 Å². The van der Waals surface area contributed by atoms with E-state index in [9.17, 15) is 9.59 Å². The molecule has 0 heterocycles. The fourth-order valence-corrected chi connectivity index (χ4v) is 4.59. The van der Waals surface area contributed by atoms with Gasteiger partial charge in [-0.25, -0.2) is 0 Å². The Balaban J connectivity index is 1.74. The van der Waals surface area contributed by atoms with Gasteiger partial charge in [0.2, 0.25) is 5.91 Å². The van der Waals surface area contributed by atoms with Gasteiger partial charge >= 0.3 is 0 Å². The molecule has 4 heteroatoms. The van der Waals surface area contributed by atoms with Crippen LogP contribution in [0.25, 0.3) is 0 Å². The maximum atomic E-state index is 13.2. The van der Waals surface area contributed by atoms with Gasteiger partial charge in [-0.05, 0) is 55.7 Å². The van der Waals surface area contributed by atoms with Crippen molar-refractivity contribution in [3.63, 3.8) is 0 Å². The first-order valence-corrected chi connectivity index (χ1v) is 10.3. The lowest BCUT2D eigenvalue weighted by atomic mass is 9.86. The van der Waals surface area contributed by atoms with Crippen LogP contribution in [-0.4, -0.2) is 29.8 Å². The second-order valence-electron chi connectivity index (χ2n) is 8.16. The fraction of sp³-hybridized carbons (Fsp3) is 0.636. The van der Waals surface area contributed by atoms with Crippen LogP contribution in [0.3, 0.4) is 0 Å². The third kappa shape index (κ3) is 5.09. The number of carbonyl (C=O) groups excluding carboxylic acids is 2. The van der Waals surface area contributed by atoms with E-state index in [2.05, 4.69) is 4.90 Å². The first-order chi connectivity index (χ1) is 12.6. The van der Waals surface area contributed by atoms with Crippen LogP contribution in [0.4, 0.5) is 0 Å². The second kappa shape index (κ2) is 9.20. The smallest absolute Gasteiger partial charge is 0.253 e. The van der Waals surface area contributed by atoms with E-state index >= 15 is 0 Å². The van der Waals surface area contributed by atoms with Crippen molar-refractivity contribution in [2.75, 3.05) is 13.1 Å². The highest BCUT2D eigenvalue weighted by atomic mass is 16.2. The van der Waals surface area contributed by atoms with E-state index in [-0.39, 0.29) is 5.91 Å². The summed E-state index contributed by atoms with van der Waals surface area (Å²) >= 11 is 0. The van der Waals surface area contributed by atoms with E-state index in [1.165, 1.54) is 64.2 Å².